The Bertz CT molecular complexity index is 485. The number of para-hydroxylation sites is 2. The lowest BCUT2D eigenvalue weighted by atomic mass is 10.2. The zero-order valence-corrected chi connectivity index (χ0v) is 10.9. The Morgan fingerprint density at radius 2 is 2.06 bits per heavy atom. The van der Waals surface area contributed by atoms with Gasteiger partial charge in [0.2, 0.25) is 5.95 Å². The fourth-order valence-electron chi connectivity index (χ4n) is 2.00. The van der Waals surface area contributed by atoms with Crippen molar-refractivity contribution in [1.29, 1.82) is 0 Å². The van der Waals surface area contributed by atoms with Crippen LogP contribution in [0.2, 0.25) is 0 Å². The Balaban J connectivity index is 2.41. The average Bonchev–Trinajstić information content (AvgIpc) is 2.64. The second-order valence-electron chi connectivity index (χ2n) is 4.86. The second-order valence-corrected chi connectivity index (χ2v) is 4.86. The summed E-state index contributed by atoms with van der Waals surface area (Å²) < 4.78 is 2.29. The van der Waals surface area contributed by atoms with Crippen LogP contribution in [0.4, 0.5) is 5.95 Å². The van der Waals surface area contributed by atoms with Crippen LogP contribution in [-0.4, -0.2) is 16.1 Å². The highest BCUT2D eigenvalue weighted by Gasteiger charge is 2.10. The maximum Gasteiger partial charge on any atom is 0.203 e. The van der Waals surface area contributed by atoms with Crippen LogP contribution in [0.15, 0.2) is 24.3 Å². The molecule has 0 atom stereocenters. The van der Waals surface area contributed by atoms with Crippen molar-refractivity contribution in [2.45, 2.75) is 33.7 Å². The summed E-state index contributed by atoms with van der Waals surface area (Å²) in [6.45, 7) is 8.62. The van der Waals surface area contributed by atoms with E-state index < -0.39 is 0 Å². The predicted molar refractivity (Wildman–Crippen MR) is 73.4 cm³/mol. The number of nitrogens with one attached hydrogen (secondary N) is 1. The van der Waals surface area contributed by atoms with E-state index >= 15 is 0 Å². The normalized spacial score (nSPS) is 11.3. The highest BCUT2D eigenvalue weighted by Crippen LogP contribution is 2.20. The lowest BCUT2D eigenvalue weighted by molar-refractivity contribution is 0.536. The highest BCUT2D eigenvalue weighted by molar-refractivity contribution is 5.78. The molecule has 0 spiro atoms. The number of aromatic nitrogens is 2. The largest absolute Gasteiger partial charge is 0.356 e. The van der Waals surface area contributed by atoms with Crippen LogP contribution in [0.1, 0.15) is 27.2 Å². The molecule has 0 saturated heterocycles. The Hall–Kier alpha value is -1.51. The third-order valence-electron chi connectivity index (χ3n) is 2.74. The van der Waals surface area contributed by atoms with E-state index in [4.69, 9.17) is 0 Å². The number of hydrogen-bond acceptors (Lipinski definition) is 2. The molecule has 1 N–H and O–H groups in total. The molecule has 3 heteroatoms. The molecule has 17 heavy (non-hydrogen) atoms. The summed E-state index contributed by atoms with van der Waals surface area (Å²) in [4.78, 5) is 4.66. The molecular weight excluding hydrogens is 210 g/mol. The van der Waals surface area contributed by atoms with Gasteiger partial charge in [-0.2, -0.15) is 0 Å². The molecule has 0 fully saturated rings. The molecule has 0 saturated carbocycles. The molecule has 1 aromatic carbocycles. The molecule has 0 aliphatic heterocycles. The number of imidazole rings is 1. The van der Waals surface area contributed by atoms with Crippen LogP contribution in [0.5, 0.6) is 0 Å². The fourth-order valence-corrected chi connectivity index (χ4v) is 2.00. The molecule has 0 aliphatic carbocycles. The van der Waals surface area contributed by atoms with Crippen molar-refractivity contribution >= 4 is 17.0 Å². The molecular formula is C14H21N3. The highest BCUT2D eigenvalue weighted by atomic mass is 15.2. The van der Waals surface area contributed by atoms with Crippen LogP contribution < -0.4 is 5.32 Å². The van der Waals surface area contributed by atoms with Crippen molar-refractivity contribution in [2.24, 2.45) is 5.92 Å². The van der Waals surface area contributed by atoms with Crippen molar-refractivity contribution in [3.8, 4) is 0 Å². The quantitative estimate of drug-likeness (QED) is 0.853. The maximum absolute atomic E-state index is 4.66. The summed E-state index contributed by atoms with van der Waals surface area (Å²) in [5.74, 6) is 1.62. The van der Waals surface area contributed by atoms with E-state index in [1.54, 1.807) is 0 Å². The van der Waals surface area contributed by atoms with E-state index in [2.05, 4.69) is 53.8 Å². The Morgan fingerprint density at radius 3 is 2.76 bits per heavy atom. The van der Waals surface area contributed by atoms with Gasteiger partial charge in [-0.05, 0) is 24.5 Å². The molecule has 0 amide bonds. The summed E-state index contributed by atoms with van der Waals surface area (Å²) in [6, 6.07) is 8.33. The maximum atomic E-state index is 4.66. The summed E-state index contributed by atoms with van der Waals surface area (Å²) in [6.07, 6.45) is 1.12. The van der Waals surface area contributed by atoms with Crippen LogP contribution in [-0.2, 0) is 6.54 Å². The topological polar surface area (TPSA) is 29.9 Å². The van der Waals surface area contributed by atoms with Gasteiger partial charge in [-0.3, -0.25) is 0 Å². The number of anilines is 1. The number of rotatable bonds is 5. The van der Waals surface area contributed by atoms with Gasteiger partial charge in [0.05, 0.1) is 11.0 Å². The van der Waals surface area contributed by atoms with Gasteiger partial charge in [-0.25, -0.2) is 4.98 Å². The number of nitrogens with zero attached hydrogens (tertiary/aromatic N) is 2. The van der Waals surface area contributed by atoms with Gasteiger partial charge < -0.3 is 9.88 Å². The first kappa shape index (κ1) is 12.0. The standard InChI is InChI=1S/C14H21N3/c1-4-9-15-14-16-12-7-5-6-8-13(12)17(14)10-11(2)3/h5-8,11H,4,9-10H2,1-3H3,(H,15,16). The van der Waals surface area contributed by atoms with Gasteiger partial charge in [0.15, 0.2) is 0 Å². The third kappa shape index (κ3) is 2.60. The lowest BCUT2D eigenvalue weighted by Gasteiger charge is -2.12. The Morgan fingerprint density at radius 1 is 1.29 bits per heavy atom. The van der Waals surface area contributed by atoms with Crippen molar-refractivity contribution in [1.82, 2.24) is 9.55 Å². The summed E-state index contributed by atoms with van der Waals surface area (Å²) in [5, 5.41) is 3.41. The Kier molecular flexibility index (Phi) is 3.67. The molecule has 0 unspecified atom stereocenters. The number of fused-ring (bicyclic) bond motifs is 1. The second kappa shape index (κ2) is 5.21. The van der Waals surface area contributed by atoms with E-state index in [0.717, 1.165) is 31.0 Å². The monoisotopic (exact) mass is 231 g/mol. The van der Waals surface area contributed by atoms with Crippen LogP contribution in [0.3, 0.4) is 0 Å². The summed E-state index contributed by atoms with van der Waals surface area (Å²) in [5.41, 5.74) is 2.30. The molecule has 0 aliphatic rings. The predicted octanol–water partition coefficient (Wildman–Crippen LogP) is 3.51. The third-order valence-corrected chi connectivity index (χ3v) is 2.74. The molecule has 0 radical (unpaired) electrons. The molecule has 92 valence electrons. The zero-order valence-electron chi connectivity index (χ0n) is 10.9. The number of hydrogen-bond donors (Lipinski definition) is 1. The van der Waals surface area contributed by atoms with Gasteiger partial charge in [-0.15, -0.1) is 0 Å². The van der Waals surface area contributed by atoms with E-state index in [1.807, 2.05) is 6.07 Å². The van der Waals surface area contributed by atoms with E-state index in [0.29, 0.717) is 5.92 Å². The lowest BCUT2D eigenvalue weighted by Crippen LogP contribution is -2.11. The van der Waals surface area contributed by atoms with Crippen LogP contribution in [0.25, 0.3) is 11.0 Å². The van der Waals surface area contributed by atoms with Gasteiger partial charge in [0.1, 0.15) is 0 Å². The number of benzene rings is 1. The summed E-state index contributed by atoms with van der Waals surface area (Å²) in [7, 11) is 0. The van der Waals surface area contributed by atoms with Crippen molar-refractivity contribution < 1.29 is 0 Å². The van der Waals surface area contributed by atoms with Crippen molar-refractivity contribution in [3.63, 3.8) is 0 Å². The molecule has 0 bridgehead atoms. The first-order valence-electron chi connectivity index (χ1n) is 6.41. The van der Waals surface area contributed by atoms with Crippen LogP contribution >= 0.6 is 0 Å². The van der Waals surface area contributed by atoms with E-state index in [1.165, 1.54) is 5.52 Å². The smallest absolute Gasteiger partial charge is 0.203 e. The van der Waals surface area contributed by atoms with Gasteiger partial charge in [0, 0.05) is 13.1 Å². The van der Waals surface area contributed by atoms with E-state index in [9.17, 15) is 0 Å². The SMILES string of the molecule is CCCNc1nc2ccccc2n1CC(C)C. The fraction of sp³-hybridized carbons (Fsp3) is 0.500. The average molecular weight is 231 g/mol. The molecule has 1 heterocycles. The first-order valence-corrected chi connectivity index (χ1v) is 6.41. The minimum absolute atomic E-state index is 0.620. The molecule has 1 aromatic heterocycles. The minimum atomic E-state index is 0.620. The molecule has 2 aromatic rings. The first-order chi connectivity index (χ1) is 8.22. The minimum Gasteiger partial charge on any atom is -0.356 e. The van der Waals surface area contributed by atoms with E-state index in [-0.39, 0.29) is 0 Å². The van der Waals surface area contributed by atoms with Gasteiger partial charge in [-0.1, -0.05) is 32.9 Å². The van der Waals surface area contributed by atoms with Gasteiger partial charge in [0.25, 0.3) is 0 Å². The summed E-state index contributed by atoms with van der Waals surface area (Å²) >= 11 is 0. The molecule has 3 nitrogen and oxygen atoms in total. The van der Waals surface area contributed by atoms with Crippen molar-refractivity contribution in [3.05, 3.63) is 24.3 Å². The zero-order chi connectivity index (χ0) is 12.3. The van der Waals surface area contributed by atoms with Gasteiger partial charge >= 0.3 is 0 Å². The molecule has 2 rings (SSSR count). The Labute approximate surface area is 103 Å². The van der Waals surface area contributed by atoms with Crippen molar-refractivity contribution in [2.75, 3.05) is 11.9 Å². The van der Waals surface area contributed by atoms with Crippen LogP contribution in [0, 0.1) is 5.92 Å².